The van der Waals surface area contributed by atoms with Crippen molar-refractivity contribution in [1.29, 1.82) is 10.5 Å². The Balaban J connectivity index is 2.90. The molecular formula is C13H8F3N3. The van der Waals surface area contributed by atoms with Crippen LogP contribution in [0, 0.1) is 29.6 Å². The van der Waals surface area contributed by atoms with Crippen molar-refractivity contribution in [2.24, 2.45) is 0 Å². The molecule has 1 aromatic heterocycles. The fourth-order valence-corrected chi connectivity index (χ4v) is 2.15. The Kier molecular flexibility index (Phi) is 2.95. The lowest BCUT2D eigenvalue weighted by molar-refractivity contribution is -0.136. The summed E-state index contributed by atoms with van der Waals surface area (Å²) in [4.78, 5) is 0. The molecular weight excluding hydrogens is 255 g/mol. The zero-order valence-electron chi connectivity index (χ0n) is 9.91. The van der Waals surface area contributed by atoms with Gasteiger partial charge in [-0.05, 0) is 25.1 Å². The van der Waals surface area contributed by atoms with Crippen LogP contribution >= 0.6 is 0 Å². The van der Waals surface area contributed by atoms with Gasteiger partial charge in [-0.1, -0.05) is 0 Å². The van der Waals surface area contributed by atoms with Gasteiger partial charge in [0.25, 0.3) is 0 Å². The molecule has 0 fully saturated rings. The van der Waals surface area contributed by atoms with E-state index < -0.39 is 17.3 Å². The molecule has 0 saturated heterocycles. The van der Waals surface area contributed by atoms with E-state index in [2.05, 4.69) is 0 Å². The maximum Gasteiger partial charge on any atom is 0.418 e. The van der Waals surface area contributed by atoms with Crippen LogP contribution in [0.15, 0.2) is 18.2 Å². The number of fused-ring (bicyclic) bond motifs is 1. The highest BCUT2D eigenvalue weighted by Gasteiger charge is 2.36. The highest BCUT2D eigenvalue weighted by atomic mass is 19.4. The average molecular weight is 263 g/mol. The molecule has 0 radical (unpaired) electrons. The van der Waals surface area contributed by atoms with Crippen LogP contribution in [-0.2, 0) is 12.7 Å². The van der Waals surface area contributed by atoms with Gasteiger partial charge in [0.05, 0.1) is 23.3 Å². The highest BCUT2D eigenvalue weighted by molar-refractivity contribution is 5.87. The van der Waals surface area contributed by atoms with Crippen LogP contribution < -0.4 is 0 Å². The Labute approximate surface area is 107 Å². The van der Waals surface area contributed by atoms with Gasteiger partial charge in [-0.2, -0.15) is 23.7 Å². The first-order chi connectivity index (χ1) is 8.90. The molecule has 2 aromatic rings. The molecule has 0 aliphatic carbocycles. The Bertz CT molecular complexity index is 727. The summed E-state index contributed by atoms with van der Waals surface area (Å²) in [7, 11) is 0. The maximum absolute atomic E-state index is 13.1. The number of nitrogens with zero attached hydrogens (tertiary/aromatic N) is 3. The largest absolute Gasteiger partial charge is 0.418 e. The van der Waals surface area contributed by atoms with Gasteiger partial charge in [-0.15, -0.1) is 0 Å². The van der Waals surface area contributed by atoms with Crippen LogP contribution in [0.4, 0.5) is 13.2 Å². The van der Waals surface area contributed by atoms with Gasteiger partial charge in [-0.25, -0.2) is 0 Å². The van der Waals surface area contributed by atoms with E-state index in [1.807, 2.05) is 6.07 Å². The fraction of sp³-hybridized carbons (Fsp3) is 0.231. The van der Waals surface area contributed by atoms with E-state index in [4.69, 9.17) is 10.5 Å². The molecule has 6 heteroatoms. The van der Waals surface area contributed by atoms with Crippen LogP contribution in [0.3, 0.4) is 0 Å². The lowest BCUT2D eigenvalue weighted by Gasteiger charge is -2.10. The zero-order valence-corrected chi connectivity index (χ0v) is 9.91. The lowest BCUT2D eigenvalue weighted by Crippen LogP contribution is -2.08. The van der Waals surface area contributed by atoms with E-state index in [0.717, 1.165) is 6.07 Å². The summed E-state index contributed by atoms with van der Waals surface area (Å²) < 4.78 is 40.7. The topological polar surface area (TPSA) is 52.5 Å². The first-order valence-corrected chi connectivity index (χ1v) is 5.37. The minimum Gasteiger partial charge on any atom is -0.331 e. The monoisotopic (exact) mass is 263 g/mol. The molecule has 19 heavy (non-hydrogen) atoms. The molecule has 96 valence electrons. The molecule has 0 N–H and O–H groups in total. The van der Waals surface area contributed by atoms with Crippen LogP contribution in [-0.4, -0.2) is 4.57 Å². The van der Waals surface area contributed by atoms with Crippen molar-refractivity contribution in [1.82, 2.24) is 4.57 Å². The average Bonchev–Trinajstić information content (AvgIpc) is 2.63. The molecule has 0 spiro atoms. The van der Waals surface area contributed by atoms with Crippen molar-refractivity contribution >= 4 is 10.9 Å². The molecule has 0 atom stereocenters. The van der Waals surface area contributed by atoms with Crippen molar-refractivity contribution in [3.05, 3.63) is 35.0 Å². The Morgan fingerprint density at radius 3 is 2.47 bits per heavy atom. The van der Waals surface area contributed by atoms with Crippen LogP contribution in [0.1, 0.15) is 16.8 Å². The lowest BCUT2D eigenvalue weighted by atomic mass is 10.0. The second-order valence-corrected chi connectivity index (χ2v) is 4.06. The van der Waals surface area contributed by atoms with E-state index in [1.165, 1.54) is 16.7 Å². The molecule has 0 aliphatic rings. The quantitative estimate of drug-likeness (QED) is 0.792. The number of rotatable bonds is 1. The predicted octanol–water partition coefficient (Wildman–Crippen LogP) is 3.36. The maximum atomic E-state index is 13.1. The summed E-state index contributed by atoms with van der Waals surface area (Å²) in [5, 5.41) is 17.5. The van der Waals surface area contributed by atoms with Crippen molar-refractivity contribution in [2.45, 2.75) is 19.6 Å². The van der Waals surface area contributed by atoms with Crippen molar-refractivity contribution in [2.75, 3.05) is 0 Å². The number of nitriles is 2. The summed E-state index contributed by atoms with van der Waals surface area (Å²) >= 11 is 0. The summed E-state index contributed by atoms with van der Waals surface area (Å²) in [5.74, 6) is 0. The van der Waals surface area contributed by atoms with Gasteiger partial charge < -0.3 is 4.57 Å². The highest BCUT2D eigenvalue weighted by Crippen LogP contribution is 2.38. The number of alkyl halides is 3. The molecule has 0 aliphatic heterocycles. The fourth-order valence-electron chi connectivity index (χ4n) is 2.15. The third-order valence-corrected chi connectivity index (χ3v) is 2.93. The van der Waals surface area contributed by atoms with Gasteiger partial charge in [0.1, 0.15) is 6.54 Å². The molecule has 0 unspecified atom stereocenters. The van der Waals surface area contributed by atoms with Crippen LogP contribution in [0.25, 0.3) is 10.9 Å². The third kappa shape index (κ3) is 2.02. The van der Waals surface area contributed by atoms with E-state index in [0.29, 0.717) is 11.2 Å². The first kappa shape index (κ1) is 13.0. The van der Waals surface area contributed by atoms with Crippen LogP contribution in [0.5, 0.6) is 0 Å². The van der Waals surface area contributed by atoms with Gasteiger partial charge in [0, 0.05) is 16.6 Å². The second-order valence-electron chi connectivity index (χ2n) is 4.06. The minimum atomic E-state index is -4.60. The number of hydrogen-bond acceptors (Lipinski definition) is 2. The number of hydrogen-bond donors (Lipinski definition) is 0. The summed E-state index contributed by atoms with van der Waals surface area (Å²) in [6.45, 7) is 1.60. The van der Waals surface area contributed by atoms with Crippen molar-refractivity contribution in [3.63, 3.8) is 0 Å². The molecule has 1 heterocycles. The molecule has 0 bridgehead atoms. The third-order valence-electron chi connectivity index (χ3n) is 2.93. The number of aryl methyl sites for hydroxylation is 1. The molecule has 1 aromatic carbocycles. The molecule has 0 saturated carbocycles. The van der Waals surface area contributed by atoms with Crippen LogP contribution in [0.2, 0.25) is 0 Å². The van der Waals surface area contributed by atoms with Gasteiger partial charge in [-0.3, -0.25) is 0 Å². The smallest absolute Gasteiger partial charge is 0.331 e. The minimum absolute atomic E-state index is 0.0292. The standard InChI is InChI=1S/C13H8F3N3/c1-8-6-10-11(19(8)5-4-17)3-2-9(7-18)12(10)13(14,15)16/h2-3,6H,5H2,1H3. The summed E-state index contributed by atoms with van der Waals surface area (Å²) in [5.41, 5.74) is -0.482. The molecule has 0 amide bonds. The normalized spacial score (nSPS) is 11.3. The Morgan fingerprint density at radius 1 is 1.26 bits per heavy atom. The van der Waals surface area contributed by atoms with Gasteiger partial charge in [0.15, 0.2) is 0 Å². The van der Waals surface area contributed by atoms with Gasteiger partial charge >= 0.3 is 6.18 Å². The zero-order chi connectivity index (χ0) is 14.2. The molecule has 3 nitrogen and oxygen atoms in total. The summed E-state index contributed by atoms with van der Waals surface area (Å²) in [6.07, 6.45) is -4.60. The Morgan fingerprint density at radius 2 is 1.95 bits per heavy atom. The number of benzene rings is 1. The number of aromatic nitrogens is 1. The number of halogens is 3. The first-order valence-electron chi connectivity index (χ1n) is 5.37. The van der Waals surface area contributed by atoms with E-state index in [1.54, 1.807) is 13.0 Å². The van der Waals surface area contributed by atoms with E-state index in [9.17, 15) is 13.2 Å². The van der Waals surface area contributed by atoms with Crippen molar-refractivity contribution < 1.29 is 13.2 Å². The summed E-state index contributed by atoms with van der Waals surface area (Å²) in [6, 6.07) is 7.40. The SMILES string of the molecule is Cc1cc2c(C(F)(F)F)c(C#N)ccc2n1CC#N. The second kappa shape index (κ2) is 4.33. The van der Waals surface area contributed by atoms with Crippen molar-refractivity contribution in [3.8, 4) is 12.1 Å². The molecule has 2 rings (SSSR count). The predicted molar refractivity (Wildman–Crippen MR) is 62.0 cm³/mol. The van der Waals surface area contributed by atoms with E-state index >= 15 is 0 Å². The van der Waals surface area contributed by atoms with E-state index in [-0.39, 0.29) is 11.9 Å². The van der Waals surface area contributed by atoms with Gasteiger partial charge in [0.2, 0.25) is 0 Å². The Hall–Kier alpha value is -2.47.